The molecule has 16 nitrogen and oxygen atoms in total. The van der Waals surface area contributed by atoms with Gasteiger partial charge in [0.15, 0.2) is 0 Å². The molecule has 0 radical (unpaired) electrons. The zero-order valence-corrected chi connectivity index (χ0v) is 24.5. The number of aldehydes is 1. The highest BCUT2D eigenvalue weighted by Crippen LogP contribution is 2.05. The van der Waals surface area contributed by atoms with Crippen LogP contribution in [0.3, 0.4) is 0 Å². The second-order valence-corrected chi connectivity index (χ2v) is 9.38. The number of nitrogens with two attached hydrogens (primary N) is 1. The first-order valence-corrected chi connectivity index (χ1v) is 14.0. The number of ether oxygens (including phenoxy) is 4. The van der Waals surface area contributed by atoms with E-state index >= 15 is 0 Å². The maximum Gasteiger partial charge on any atom is 0.326 e. The summed E-state index contributed by atoms with van der Waals surface area (Å²) in [5.41, 5.74) is 4.97. The minimum absolute atomic E-state index is 0.00316. The first-order chi connectivity index (χ1) is 20.1. The topological polar surface area (TPSA) is 234 Å². The van der Waals surface area contributed by atoms with Crippen LogP contribution in [0.5, 0.6) is 0 Å². The Balaban J connectivity index is 3.93. The van der Waals surface area contributed by atoms with E-state index in [1.807, 2.05) is 0 Å². The number of amides is 5. The summed E-state index contributed by atoms with van der Waals surface area (Å²) >= 11 is 0. The van der Waals surface area contributed by atoms with Crippen molar-refractivity contribution in [2.45, 2.75) is 58.0 Å². The molecule has 16 heteroatoms. The molecule has 0 saturated heterocycles. The number of hydrogen-bond donors (Lipinski definition) is 6. The average Bonchev–Trinajstić information content (AvgIpc) is 2.93. The molecule has 0 spiro atoms. The zero-order chi connectivity index (χ0) is 31.6. The summed E-state index contributed by atoms with van der Waals surface area (Å²) in [6, 6.07) is -2.84. The maximum absolute atomic E-state index is 12.7. The van der Waals surface area contributed by atoms with Gasteiger partial charge in [-0.3, -0.25) is 14.4 Å². The van der Waals surface area contributed by atoms with Crippen molar-refractivity contribution < 1.29 is 52.8 Å². The predicted octanol–water partition coefficient (Wildman–Crippen LogP) is -1.30. The van der Waals surface area contributed by atoms with Crippen LogP contribution in [-0.2, 0) is 42.9 Å². The number of aliphatic carboxylic acids is 1. The molecule has 7 N–H and O–H groups in total. The van der Waals surface area contributed by atoms with Gasteiger partial charge in [0.1, 0.15) is 18.4 Å². The third kappa shape index (κ3) is 22.4. The number of urea groups is 1. The summed E-state index contributed by atoms with van der Waals surface area (Å²) in [6.45, 7) is 6.44. The van der Waals surface area contributed by atoms with Crippen LogP contribution in [0.25, 0.3) is 0 Å². The van der Waals surface area contributed by atoms with Crippen LogP contribution in [0, 0.1) is 5.92 Å². The third-order valence-electron chi connectivity index (χ3n) is 5.50. The first kappa shape index (κ1) is 38.7. The molecule has 0 bridgehead atoms. The normalized spacial score (nSPS) is 12.3. The molecule has 0 fully saturated rings. The molecule has 42 heavy (non-hydrogen) atoms. The van der Waals surface area contributed by atoms with Crippen molar-refractivity contribution in [1.29, 1.82) is 0 Å². The molecule has 0 aliphatic heterocycles. The number of carboxylic acids is 1. The Labute approximate surface area is 246 Å². The molecular weight excluding hydrogens is 558 g/mol. The number of primary amides is 1. The fourth-order valence-corrected chi connectivity index (χ4v) is 3.28. The van der Waals surface area contributed by atoms with Crippen molar-refractivity contribution in [1.82, 2.24) is 21.3 Å². The molecule has 0 saturated carbocycles. The summed E-state index contributed by atoms with van der Waals surface area (Å²) in [5.74, 6) is -2.75. The summed E-state index contributed by atoms with van der Waals surface area (Å²) in [7, 11) is 0. The van der Waals surface area contributed by atoms with E-state index < -0.39 is 35.9 Å². The number of carbonyl (C=O) groups is 6. The molecule has 0 aromatic heterocycles. The Kier molecular flexibility index (Phi) is 23.4. The first-order valence-electron chi connectivity index (χ1n) is 14.0. The molecule has 0 aliphatic carbocycles. The minimum atomic E-state index is -1.23. The van der Waals surface area contributed by atoms with Crippen molar-refractivity contribution >= 4 is 36.0 Å². The second kappa shape index (κ2) is 25.4. The predicted molar refractivity (Wildman–Crippen MR) is 149 cm³/mol. The van der Waals surface area contributed by atoms with Gasteiger partial charge in [0, 0.05) is 32.4 Å². The van der Waals surface area contributed by atoms with Gasteiger partial charge in [0.25, 0.3) is 0 Å². The fourth-order valence-electron chi connectivity index (χ4n) is 3.28. The van der Waals surface area contributed by atoms with Crippen LogP contribution < -0.4 is 27.0 Å². The van der Waals surface area contributed by atoms with Crippen LogP contribution in [0.4, 0.5) is 4.79 Å². The van der Waals surface area contributed by atoms with Gasteiger partial charge in [-0.1, -0.05) is 13.8 Å². The highest BCUT2D eigenvalue weighted by atomic mass is 16.6. The van der Waals surface area contributed by atoms with Crippen molar-refractivity contribution in [2.75, 3.05) is 65.9 Å². The lowest BCUT2D eigenvalue weighted by atomic mass is 10.0. The number of hydrogen-bond acceptors (Lipinski definition) is 10. The minimum Gasteiger partial charge on any atom is -0.480 e. The van der Waals surface area contributed by atoms with Gasteiger partial charge in [0.2, 0.25) is 17.7 Å². The van der Waals surface area contributed by atoms with Crippen LogP contribution in [0.2, 0.25) is 0 Å². The van der Waals surface area contributed by atoms with E-state index in [4.69, 9.17) is 24.7 Å². The van der Waals surface area contributed by atoms with Crippen LogP contribution in [0.15, 0.2) is 0 Å². The fraction of sp³-hybridized carbons (Fsp3) is 0.769. The lowest BCUT2D eigenvalue weighted by Crippen LogP contribution is -2.53. The van der Waals surface area contributed by atoms with Gasteiger partial charge >= 0.3 is 12.0 Å². The van der Waals surface area contributed by atoms with Crippen molar-refractivity contribution in [2.24, 2.45) is 11.7 Å². The number of rotatable bonds is 27. The largest absolute Gasteiger partial charge is 0.480 e. The smallest absolute Gasteiger partial charge is 0.326 e. The molecule has 0 rings (SSSR count). The van der Waals surface area contributed by atoms with E-state index in [2.05, 4.69) is 21.3 Å². The SMILES string of the molecule is CC(C)[C@H](NC(=O)CCOCCOCCOCCOCCNC(=O)CCC=O)C(=O)N[C@@H](CCCNC(N)=O)C(=O)O. The van der Waals surface area contributed by atoms with Gasteiger partial charge in [-0.05, 0) is 18.8 Å². The third-order valence-corrected chi connectivity index (χ3v) is 5.50. The Morgan fingerprint density at radius 3 is 1.86 bits per heavy atom. The maximum atomic E-state index is 12.7. The molecule has 0 aromatic carbocycles. The van der Waals surface area contributed by atoms with Gasteiger partial charge < -0.3 is 55.8 Å². The summed E-state index contributed by atoms with van der Waals surface area (Å²) in [5, 5.41) is 19.4. The monoisotopic (exact) mass is 605 g/mol. The van der Waals surface area contributed by atoms with E-state index in [1.54, 1.807) is 13.8 Å². The molecular formula is C26H47N5O11. The standard InChI is InChI=1S/C26H47N5O11/c1-19(2)23(24(35)30-20(25(36)37)5-3-8-29-26(27)38)31-22(34)7-11-39-13-15-41-17-18-42-16-14-40-12-9-28-21(33)6-4-10-32/h10,19-20,23H,3-9,11-18H2,1-2H3,(H,28,33)(H,30,35)(H,31,34)(H,36,37)(H3,27,29,38)/t20-,23-/m0/s1. The number of carboxylic acid groups (broad SMARTS) is 1. The van der Waals surface area contributed by atoms with Crippen LogP contribution >= 0.6 is 0 Å². The Morgan fingerprint density at radius 2 is 1.33 bits per heavy atom. The van der Waals surface area contributed by atoms with Crippen molar-refractivity contribution in [3.63, 3.8) is 0 Å². The summed E-state index contributed by atoms with van der Waals surface area (Å²) in [6.07, 6.45) is 1.44. The van der Waals surface area contributed by atoms with Gasteiger partial charge in [0.05, 0.1) is 52.9 Å². The Hall–Kier alpha value is -3.34. The van der Waals surface area contributed by atoms with E-state index in [0.29, 0.717) is 52.5 Å². The van der Waals surface area contributed by atoms with Gasteiger partial charge in [-0.2, -0.15) is 0 Å². The molecule has 2 atom stereocenters. The van der Waals surface area contributed by atoms with E-state index in [-0.39, 0.29) is 63.7 Å². The number of carbonyl (C=O) groups excluding carboxylic acids is 5. The van der Waals surface area contributed by atoms with E-state index in [1.165, 1.54) is 0 Å². The van der Waals surface area contributed by atoms with Gasteiger partial charge in [-0.15, -0.1) is 0 Å². The molecule has 0 heterocycles. The second-order valence-electron chi connectivity index (χ2n) is 9.38. The molecule has 242 valence electrons. The van der Waals surface area contributed by atoms with Crippen molar-refractivity contribution in [3.05, 3.63) is 0 Å². The van der Waals surface area contributed by atoms with Crippen LogP contribution in [0.1, 0.15) is 46.0 Å². The summed E-state index contributed by atoms with van der Waals surface area (Å²) in [4.78, 5) is 68.7. The summed E-state index contributed by atoms with van der Waals surface area (Å²) < 4.78 is 21.4. The molecule has 0 aliphatic rings. The van der Waals surface area contributed by atoms with Gasteiger partial charge in [-0.25, -0.2) is 9.59 Å². The van der Waals surface area contributed by atoms with E-state index in [0.717, 1.165) is 0 Å². The average molecular weight is 606 g/mol. The quantitative estimate of drug-likeness (QED) is 0.0475. The number of nitrogens with one attached hydrogen (secondary N) is 4. The lowest BCUT2D eigenvalue weighted by Gasteiger charge is -2.24. The highest BCUT2D eigenvalue weighted by molar-refractivity contribution is 5.90. The highest BCUT2D eigenvalue weighted by Gasteiger charge is 2.28. The Morgan fingerprint density at radius 1 is 0.762 bits per heavy atom. The molecule has 5 amide bonds. The van der Waals surface area contributed by atoms with E-state index in [9.17, 15) is 33.9 Å². The molecule has 0 unspecified atom stereocenters. The Bertz CT molecular complexity index is 814. The van der Waals surface area contributed by atoms with Crippen molar-refractivity contribution in [3.8, 4) is 0 Å². The lowest BCUT2D eigenvalue weighted by molar-refractivity contribution is -0.142. The molecule has 0 aromatic rings. The zero-order valence-electron chi connectivity index (χ0n) is 24.5. The van der Waals surface area contributed by atoms with Crippen LogP contribution in [-0.4, -0.2) is 119 Å².